The zero-order valence-electron chi connectivity index (χ0n) is 9.34. The van der Waals surface area contributed by atoms with E-state index in [4.69, 9.17) is 0 Å². The van der Waals surface area contributed by atoms with Crippen LogP contribution in [0.15, 0.2) is 11.7 Å². The molecule has 0 unspecified atom stereocenters. The molecule has 6 heteroatoms. The van der Waals surface area contributed by atoms with Crippen LogP contribution in [0.1, 0.15) is 25.3 Å². The Morgan fingerprint density at radius 3 is 2.88 bits per heavy atom. The van der Waals surface area contributed by atoms with Crippen molar-refractivity contribution in [2.24, 2.45) is 0 Å². The first-order chi connectivity index (χ1) is 8.20. The van der Waals surface area contributed by atoms with E-state index in [-0.39, 0.29) is 5.97 Å². The number of hydrogen-bond acceptors (Lipinski definition) is 6. The van der Waals surface area contributed by atoms with Crippen LogP contribution in [0.25, 0.3) is 12.2 Å². The van der Waals surface area contributed by atoms with E-state index in [1.165, 1.54) is 24.6 Å². The van der Waals surface area contributed by atoms with Gasteiger partial charge in [0.15, 0.2) is 0 Å². The third-order valence-electron chi connectivity index (χ3n) is 2.07. The number of rotatable bonds is 3. The number of carbonyl (C=O) groups excluding carboxylic acids is 1. The van der Waals surface area contributed by atoms with Crippen LogP contribution in [0.3, 0.4) is 0 Å². The quantitative estimate of drug-likeness (QED) is 0.802. The second-order valence-corrected chi connectivity index (χ2v) is 5.14. The van der Waals surface area contributed by atoms with Gasteiger partial charge in [-0.25, -0.2) is 14.8 Å². The Morgan fingerprint density at radius 2 is 2.24 bits per heavy atom. The molecule has 17 heavy (non-hydrogen) atoms. The number of hydrogen-bond donors (Lipinski definition) is 0. The fourth-order valence-electron chi connectivity index (χ4n) is 1.18. The SMILES string of the molecule is COC(=O)c1cnc(/C=C/c2scnc2C)s1. The standard InChI is InChI=1S/C11H10N2O2S2/c1-7-8(16-6-13-7)3-4-10-12-5-9(17-10)11(14)15-2/h3-6H,1-2H3/b4-3+. The molecule has 0 radical (unpaired) electrons. The van der Waals surface area contributed by atoms with Crippen molar-refractivity contribution in [2.45, 2.75) is 6.92 Å². The van der Waals surface area contributed by atoms with E-state index in [0.29, 0.717) is 4.88 Å². The molecule has 0 spiro atoms. The van der Waals surface area contributed by atoms with Crippen molar-refractivity contribution in [3.63, 3.8) is 0 Å². The lowest BCUT2D eigenvalue weighted by Gasteiger charge is -1.90. The molecule has 2 rings (SSSR count). The average Bonchev–Trinajstić information content (AvgIpc) is 2.94. The first kappa shape index (κ1) is 11.9. The van der Waals surface area contributed by atoms with Crippen LogP contribution in [-0.4, -0.2) is 23.0 Å². The van der Waals surface area contributed by atoms with Gasteiger partial charge in [-0.1, -0.05) is 0 Å². The van der Waals surface area contributed by atoms with Crippen LogP contribution in [0, 0.1) is 6.92 Å². The first-order valence-electron chi connectivity index (χ1n) is 4.83. The monoisotopic (exact) mass is 266 g/mol. The highest BCUT2D eigenvalue weighted by Gasteiger charge is 2.08. The minimum absolute atomic E-state index is 0.351. The molecule has 0 N–H and O–H groups in total. The lowest BCUT2D eigenvalue weighted by Crippen LogP contribution is -1.96. The highest BCUT2D eigenvalue weighted by atomic mass is 32.1. The van der Waals surface area contributed by atoms with Gasteiger partial charge in [0, 0.05) is 4.88 Å². The smallest absolute Gasteiger partial charge is 0.349 e. The van der Waals surface area contributed by atoms with E-state index in [0.717, 1.165) is 15.6 Å². The fourth-order valence-corrected chi connectivity index (χ4v) is 2.61. The van der Waals surface area contributed by atoms with Gasteiger partial charge in [-0.05, 0) is 19.1 Å². The number of methoxy groups -OCH3 is 1. The molecule has 4 nitrogen and oxygen atoms in total. The molecule has 0 aliphatic rings. The minimum Gasteiger partial charge on any atom is -0.465 e. The molecule has 0 saturated carbocycles. The molecule has 0 bridgehead atoms. The van der Waals surface area contributed by atoms with Crippen LogP contribution in [0.4, 0.5) is 0 Å². The van der Waals surface area contributed by atoms with Gasteiger partial charge in [-0.2, -0.15) is 0 Å². The molecule has 0 amide bonds. The topological polar surface area (TPSA) is 52.1 Å². The number of aromatic nitrogens is 2. The van der Waals surface area contributed by atoms with Gasteiger partial charge in [-0.3, -0.25) is 0 Å². The molecule has 2 aromatic heterocycles. The van der Waals surface area contributed by atoms with Gasteiger partial charge in [0.1, 0.15) is 9.88 Å². The summed E-state index contributed by atoms with van der Waals surface area (Å²) in [5.41, 5.74) is 2.80. The number of esters is 1. The van der Waals surface area contributed by atoms with E-state index >= 15 is 0 Å². The number of carbonyl (C=O) groups is 1. The summed E-state index contributed by atoms with van der Waals surface area (Å²) in [6.45, 7) is 1.96. The van der Waals surface area contributed by atoms with Crippen LogP contribution < -0.4 is 0 Å². The summed E-state index contributed by atoms with van der Waals surface area (Å²) in [6, 6.07) is 0. The third-order valence-corrected chi connectivity index (χ3v) is 3.91. The van der Waals surface area contributed by atoms with Gasteiger partial charge < -0.3 is 4.74 Å². The molecule has 0 aromatic carbocycles. The van der Waals surface area contributed by atoms with E-state index in [1.54, 1.807) is 16.8 Å². The number of thiazole rings is 2. The molecule has 0 aliphatic heterocycles. The minimum atomic E-state index is -0.351. The Balaban J connectivity index is 2.14. The molecule has 2 heterocycles. The van der Waals surface area contributed by atoms with E-state index < -0.39 is 0 Å². The van der Waals surface area contributed by atoms with Crippen molar-refractivity contribution >= 4 is 40.8 Å². The van der Waals surface area contributed by atoms with E-state index in [1.807, 2.05) is 19.1 Å². The summed E-state index contributed by atoms with van der Waals surface area (Å²) < 4.78 is 4.62. The van der Waals surface area contributed by atoms with Crippen molar-refractivity contribution in [1.29, 1.82) is 0 Å². The second kappa shape index (κ2) is 5.20. The van der Waals surface area contributed by atoms with Gasteiger partial charge in [-0.15, -0.1) is 22.7 Å². The highest BCUT2D eigenvalue weighted by Crippen LogP contribution is 2.19. The summed E-state index contributed by atoms with van der Waals surface area (Å²) in [7, 11) is 1.36. The van der Waals surface area contributed by atoms with Crippen molar-refractivity contribution in [1.82, 2.24) is 9.97 Å². The number of aryl methyl sites for hydroxylation is 1. The maximum absolute atomic E-state index is 11.2. The molecule has 0 saturated heterocycles. The zero-order chi connectivity index (χ0) is 12.3. The lowest BCUT2D eigenvalue weighted by atomic mass is 10.3. The Bertz CT molecular complexity index is 557. The van der Waals surface area contributed by atoms with E-state index in [9.17, 15) is 4.79 Å². The maximum Gasteiger partial charge on any atom is 0.349 e. The predicted octanol–water partition coefficient (Wildman–Crippen LogP) is 2.87. The molecular weight excluding hydrogens is 256 g/mol. The fraction of sp³-hybridized carbons (Fsp3) is 0.182. The molecular formula is C11H10N2O2S2. The Labute approximate surface area is 107 Å². The van der Waals surface area contributed by atoms with Gasteiger partial charge in [0.2, 0.25) is 0 Å². The Morgan fingerprint density at radius 1 is 1.41 bits per heavy atom. The Kier molecular flexibility index (Phi) is 3.65. The molecule has 0 aliphatic carbocycles. The zero-order valence-corrected chi connectivity index (χ0v) is 11.0. The summed E-state index contributed by atoms with van der Waals surface area (Å²) in [5.74, 6) is -0.351. The normalized spacial score (nSPS) is 10.9. The van der Waals surface area contributed by atoms with Crippen LogP contribution in [0.2, 0.25) is 0 Å². The summed E-state index contributed by atoms with van der Waals surface area (Å²) in [6.07, 6.45) is 5.35. The van der Waals surface area contributed by atoms with Crippen molar-refractivity contribution < 1.29 is 9.53 Å². The Hall–Kier alpha value is -1.53. The molecule has 0 atom stereocenters. The lowest BCUT2D eigenvalue weighted by molar-refractivity contribution is 0.0606. The average molecular weight is 266 g/mol. The van der Waals surface area contributed by atoms with Gasteiger partial charge >= 0.3 is 5.97 Å². The van der Waals surface area contributed by atoms with Gasteiger partial charge in [0.25, 0.3) is 0 Å². The van der Waals surface area contributed by atoms with Crippen LogP contribution >= 0.6 is 22.7 Å². The number of nitrogens with zero attached hydrogens (tertiary/aromatic N) is 2. The molecule has 0 fully saturated rings. The molecule has 2 aromatic rings. The predicted molar refractivity (Wildman–Crippen MR) is 69.2 cm³/mol. The van der Waals surface area contributed by atoms with Crippen LogP contribution in [0.5, 0.6) is 0 Å². The second-order valence-electron chi connectivity index (χ2n) is 3.19. The summed E-state index contributed by atoms with van der Waals surface area (Å²) in [4.78, 5) is 21.1. The maximum atomic E-state index is 11.2. The summed E-state index contributed by atoms with van der Waals surface area (Å²) in [5, 5.41) is 0.776. The summed E-state index contributed by atoms with van der Waals surface area (Å²) >= 11 is 2.88. The van der Waals surface area contributed by atoms with Crippen molar-refractivity contribution in [2.75, 3.05) is 7.11 Å². The van der Waals surface area contributed by atoms with E-state index in [2.05, 4.69) is 14.7 Å². The first-order valence-corrected chi connectivity index (χ1v) is 6.52. The van der Waals surface area contributed by atoms with Crippen molar-refractivity contribution in [3.05, 3.63) is 32.2 Å². The number of ether oxygens (including phenoxy) is 1. The third kappa shape index (κ3) is 2.78. The highest BCUT2D eigenvalue weighted by molar-refractivity contribution is 7.14. The van der Waals surface area contributed by atoms with Crippen molar-refractivity contribution in [3.8, 4) is 0 Å². The molecule has 88 valence electrons. The van der Waals surface area contributed by atoms with Crippen LogP contribution in [-0.2, 0) is 4.74 Å². The largest absolute Gasteiger partial charge is 0.465 e. The van der Waals surface area contributed by atoms with Gasteiger partial charge in [0.05, 0.1) is 24.5 Å².